The number of nitrogens with zero attached hydrogens (tertiary/aromatic N) is 2. The van der Waals surface area contributed by atoms with Crippen LogP contribution < -0.4 is 10.2 Å². The molecule has 2 aliphatic rings. The molecule has 7 heteroatoms. The molecule has 3 amide bonds. The molecule has 1 N–H and O–H groups in total. The summed E-state index contributed by atoms with van der Waals surface area (Å²) in [4.78, 5) is 43.6. The largest absolute Gasteiger partial charge is 0.352 e. The van der Waals surface area contributed by atoms with Crippen LogP contribution in [0.2, 0.25) is 0 Å². The number of thiophene rings is 1. The Kier molecular flexibility index (Phi) is 5.27. The number of carbonyl (C=O) groups excluding carboxylic acids is 3. The maximum Gasteiger partial charge on any atom is 0.267 e. The van der Waals surface area contributed by atoms with Crippen molar-refractivity contribution in [2.75, 3.05) is 11.4 Å². The molecule has 3 heterocycles. The number of carbonyl (C=O) groups is 3. The molecule has 1 atom stereocenters. The Morgan fingerprint density at radius 2 is 1.78 bits per heavy atom. The number of anilines is 1. The monoisotopic (exact) mass is 445 g/mol. The fourth-order valence-corrected chi connectivity index (χ4v) is 5.37. The molecule has 1 fully saturated rings. The first kappa shape index (κ1) is 20.5. The number of fused-ring (bicyclic) bond motifs is 3. The first-order chi connectivity index (χ1) is 15.6. The summed E-state index contributed by atoms with van der Waals surface area (Å²) in [5.41, 5.74) is 1.65. The highest BCUT2D eigenvalue weighted by Gasteiger charge is 2.60. The minimum atomic E-state index is -1.37. The summed E-state index contributed by atoms with van der Waals surface area (Å²) in [6, 6.07) is 18.7. The molecule has 1 aromatic heterocycles. The first-order valence-electron chi connectivity index (χ1n) is 10.7. The second-order valence-electron chi connectivity index (χ2n) is 8.08. The molecule has 162 valence electrons. The SMILES string of the molecule is O=C1c2ccccc2N2C(=O)CCC2(C(=O)NCCc2ccsc2)N1Cc1ccccc1. The first-order valence-corrected chi connectivity index (χ1v) is 11.6. The maximum absolute atomic E-state index is 13.7. The molecule has 2 aliphatic heterocycles. The average molecular weight is 446 g/mol. The van der Waals surface area contributed by atoms with Crippen LogP contribution in [0.1, 0.15) is 34.3 Å². The molecule has 0 radical (unpaired) electrons. The number of hydrogen-bond acceptors (Lipinski definition) is 4. The molecule has 1 saturated heterocycles. The van der Waals surface area contributed by atoms with E-state index in [1.165, 1.54) is 0 Å². The van der Waals surface area contributed by atoms with Crippen LogP contribution in [0.4, 0.5) is 5.69 Å². The van der Waals surface area contributed by atoms with Gasteiger partial charge in [0.25, 0.3) is 11.8 Å². The van der Waals surface area contributed by atoms with Gasteiger partial charge in [0.2, 0.25) is 11.6 Å². The summed E-state index contributed by atoms with van der Waals surface area (Å²) in [7, 11) is 0. The Morgan fingerprint density at radius 3 is 2.56 bits per heavy atom. The van der Waals surface area contributed by atoms with Crippen molar-refractivity contribution in [2.45, 2.75) is 31.5 Å². The highest BCUT2D eigenvalue weighted by atomic mass is 32.1. The number of rotatable bonds is 6. The number of para-hydroxylation sites is 1. The fourth-order valence-electron chi connectivity index (χ4n) is 4.67. The Labute approximate surface area is 190 Å². The lowest BCUT2D eigenvalue weighted by Gasteiger charge is -2.49. The maximum atomic E-state index is 13.7. The Balaban J connectivity index is 1.54. The molecule has 32 heavy (non-hydrogen) atoms. The van der Waals surface area contributed by atoms with Gasteiger partial charge in [-0.05, 0) is 46.5 Å². The van der Waals surface area contributed by atoms with E-state index in [1.807, 2.05) is 41.8 Å². The molecule has 6 nitrogen and oxygen atoms in total. The van der Waals surface area contributed by atoms with Gasteiger partial charge < -0.3 is 10.2 Å². The van der Waals surface area contributed by atoms with Crippen LogP contribution in [0.25, 0.3) is 0 Å². The molecule has 0 spiro atoms. The van der Waals surface area contributed by atoms with E-state index in [0.717, 1.165) is 11.1 Å². The van der Waals surface area contributed by atoms with E-state index in [2.05, 4.69) is 10.7 Å². The van der Waals surface area contributed by atoms with Gasteiger partial charge in [0.1, 0.15) is 0 Å². The standard InChI is InChI=1S/C25H23N3O3S/c29-22-10-13-25(24(31)26-14-11-19-12-15-32-17-19)27(16-18-6-2-1-3-7-18)23(30)20-8-4-5-9-21(20)28(22)25/h1-9,12,15,17H,10-11,13-14,16H2,(H,26,31). The van der Waals surface area contributed by atoms with Gasteiger partial charge in [0.15, 0.2) is 0 Å². The van der Waals surface area contributed by atoms with Crippen molar-refractivity contribution >= 4 is 34.7 Å². The lowest BCUT2D eigenvalue weighted by Crippen LogP contribution is -2.70. The van der Waals surface area contributed by atoms with E-state index < -0.39 is 5.66 Å². The Hall–Kier alpha value is -3.45. The molecule has 0 saturated carbocycles. The van der Waals surface area contributed by atoms with Crippen molar-refractivity contribution in [3.8, 4) is 0 Å². The van der Waals surface area contributed by atoms with Crippen molar-refractivity contribution in [1.29, 1.82) is 0 Å². The zero-order chi connectivity index (χ0) is 22.1. The molecule has 2 aromatic carbocycles. The highest BCUT2D eigenvalue weighted by Crippen LogP contribution is 2.45. The number of amides is 3. The zero-order valence-corrected chi connectivity index (χ0v) is 18.3. The number of benzene rings is 2. The summed E-state index contributed by atoms with van der Waals surface area (Å²) in [6.45, 7) is 0.685. The van der Waals surface area contributed by atoms with Crippen molar-refractivity contribution in [3.63, 3.8) is 0 Å². The normalized spacial score (nSPS) is 19.6. The molecule has 5 rings (SSSR count). The second-order valence-corrected chi connectivity index (χ2v) is 8.86. The summed E-state index contributed by atoms with van der Waals surface area (Å²) in [5, 5.41) is 7.08. The van der Waals surface area contributed by atoms with Crippen molar-refractivity contribution < 1.29 is 14.4 Å². The van der Waals surface area contributed by atoms with E-state index >= 15 is 0 Å². The van der Waals surface area contributed by atoms with Gasteiger partial charge in [-0.2, -0.15) is 11.3 Å². The van der Waals surface area contributed by atoms with Crippen molar-refractivity contribution in [3.05, 3.63) is 88.1 Å². The summed E-state index contributed by atoms with van der Waals surface area (Å²) in [6.07, 6.45) is 1.18. The van der Waals surface area contributed by atoms with Gasteiger partial charge in [-0.15, -0.1) is 0 Å². The van der Waals surface area contributed by atoms with Gasteiger partial charge in [0, 0.05) is 25.9 Å². The lowest BCUT2D eigenvalue weighted by atomic mass is 9.94. The molecule has 1 unspecified atom stereocenters. The average Bonchev–Trinajstić information content (AvgIpc) is 3.46. The molecule has 0 aliphatic carbocycles. The Bertz CT molecular complexity index is 1160. The summed E-state index contributed by atoms with van der Waals surface area (Å²) in [5.74, 6) is -0.684. The van der Waals surface area contributed by atoms with Gasteiger partial charge in [-0.25, -0.2) is 0 Å². The van der Waals surface area contributed by atoms with Crippen LogP contribution in [0, 0.1) is 0 Å². The number of nitrogens with one attached hydrogen (secondary N) is 1. The molecule has 3 aromatic rings. The van der Waals surface area contributed by atoms with Crippen LogP contribution in [0.3, 0.4) is 0 Å². The van der Waals surface area contributed by atoms with Gasteiger partial charge in [-0.1, -0.05) is 42.5 Å². The van der Waals surface area contributed by atoms with E-state index in [1.54, 1.807) is 45.4 Å². The smallest absolute Gasteiger partial charge is 0.267 e. The summed E-state index contributed by atoms with van der Waals surface area (Å²) >= 11 is 1.62. The van der Waals surface area contributed by atoms with E-state index in [0.29, 0.717) is 24.2 Å². The fraction of sp³-hybridized carbons (Fsp3) is 0.240. The van der Waals surface area contributed by atoms with Crippen molar-refractivity contribution in [1.82, 2.24) is 10.2 Å². The molecule has 0 bridgehead atoms. The summed E-state index contributed by atoms with van der Waals surface area (Å²) < 4.78 is 0. The van der Waals surface area contributed by atoms with E-state index in [-0.39, 0.29) is 37.1 Å². The van der Waals surface area contributed by atoms with Crippen LogP contribution in [0.15, 0.2) is 71.4 Å². The van der Waals surface area contributed by atoms with Crippen LogP contribution in [0.5, 0.6) is 0 Å². The second kappa shape index (κ2) is 8.24. The molecular formula is C25H23N3O3S. The minimum absolute atomic E-state index is 0.143. The third kappa shape index (κ3) is 3.29. The van der Waals surface area contributed by atoms with Gasteiger partial charge in [0.05, 0.1) is 11.3 Å². The predicted octanol–water partition coefficient (Wildman–Crippen LogP) is 3.59. The van der Waals surface area contributed by atoms with Crippen molar-refractivity contribution in [2.24, 2.45) is 0 Å². The number of hydrogen-bond donors (Lipinski definition) is 1. The lowest BCUT2D eigenvalue weighted by molar-refractivity contribution is -0.134. The third-order valence-electron chi connectivity index (χ3n) is 6.20. The van der Waals surface area contributed by atoms with Gasteiger partial charge >= 0.3 is 0 Å². The third-order valence-corrected chi connectivity index (χ3v) is 6.93. The van der Waals surface area contributed by atoms with Crippen LogP contribution in [-0.4, -0.2) is 34.8 Å². The quantitative estimate of drug-likeness (QED) is 0.631. The van der Waals surface area contributed by atoms with Crippen LogP contribution >= 0.6 is 11.3 Å². The van der Waals surface area contributed by atoms with E-state index in [9.17, 15) is 14.4 Å². The minimum Gasteiger partial charge on any atom is -0.352 e. The van der Waals surface area contributed by atoms with E-state index in [4.69, 9.17) is 0 Å². The topological polar surface area (TPSA) is 69.7 Å². The highest BCUT2D eigenvalue weighted by molar-refractivity contribution is 7.07. The van der Waals surface area contributed by atoms with Crippen LogP contribution in [-0.2, 0) is 22.6 Å². The zero-order valence-electron chi connectivity index (χ0n) is 17.5. The predicted molar refractivity (Wildman–Crippen MR) is 123 cm³/mol. The van der Waals surface area contributed by atoms with Gasteiger partial charge in [-0.3, -0.25) is 19.3 Å². The Morgan fingerprint density at radius 1 is 1.00 bits per heavy atom. The molecular weight excluding hydrogens is 422 g/mol.